The van der Waals surface area contributed by atoms with Crippen LogP contribution in [0.4, 0.5) is 0 Å². The second kappa shape index (κ2) is 5.11. The summed E-state index contributed by atoms with van der Waals surface area (Å²) in [5.41, 5.74) is 4.44. The highest BCUT2D eigenvalue weighted by atomic mass is 16.5. The molecule has 0 bridgehead atoms. The van der Waals surface area contributed by atoms with Gasteiger partial charge < -0.3 is 15.6 Å². The first kappa shape index (κ1) is 11.4. The first-order chi connectivity index (χ1) is 5.50. The van der Waals surface area contributed by atoms with Gasteiger partial charge >= 0.3 is 5.97 Å². The molecular formula is C8H17NO3. The molecule has 0 aromatic heterocycles. The number of hydrogen-bond acceptors (Lipinski definition) is 3. The van der Waals surface area contributed by atoms with Crippen LogP contribution in [0.3, 0.4) is 0 Å². The molecule has 0 radical (unpaired) electrons. The van der Waals surface area contributed by atoms with Crippen molar-refractivity contribution in [2.45, 2.75) is 20.3 Å². The molecule has 4 nitrogen and oxygen atoms in total. The maximum atomic E-state index is 10.6. The summed E-state index contributed by atoms with van der Waals surface area (Å²) in [4.78, 5) is 10.6. The molecule has 72 valence electrons. The molecule has 0 aliphatic heterocycles. The van der Waals surface area contributed by atoms with E-state index < -0.39 is 11.4 Å². The molecule has 0 aliphatic rings. The Morgan fingerprint density at radius 3 is 2.58 bits per heavy atom. The Kier molecular flexibility index (Phi) is 4.85. The molecule has 0 aromatic carbocycles. The van der Waals surface area contributed by atoms with E-state index in [9.17, 15) is 4.79 Å². The van der Waals surface area contributed by atoms with Crippen LogP contribution in [0, 0.1) is 5.41 Å². The van der Waals surface area contributed by atoms with Crippen LogP contribution in [-0.2, 0) is 9.53 Å². The quantitative estimate of drug-likeness (QED) is 0.575. The van der Waals surface area contributed by atoms with Crippen molar-refractivity contribution in [1.29, 1.82) is 0 Å². The van der Waals surface area contributed by atoms with E-state index in [1.807, 2.05) is 0 Å². The van der Waals surface area contributed by atoms with E-state index in [-0.39, 0.29) is 6.61 Å². The molecule has 0 rings (SSSR count). The largest absolute Gasteiger partial charge is 0.481 e. The number of nitrogens with two attached hydrogens (primary N) is 1. The molecule has 4 heteroatoms. The monoisotopic (exact) mass is 175 g/mol. The van der Waals surface area contributed by atoms with Gasteiger partial charge in [0.05, 0.1) is 12.0 Å². The first-order valence-corrected chi connectivity index (χ1v) is 4.02. The van der Waals surface area contributed by atoms with Crippen LogP contribution >= 0.6 is 0 Å². The van der Waals surface area contributed by atoms with Crippen molar-refractivity contribution >= 4 is 5.97 Å². The average molecular weight is 175 g/mol. The zero-order valence-corrected chi connectivity index (χ0v) is 7.67. The van der Waals surface area contributed by atoms with Gasteiger partial charge in [0.25, 0.3) is 0 Å². The van der Waals surface area contributed by atoms with Gasteiger partial charge in [0.1, 0.15) is 0 Å². The van der Waals surface area contributed by atoms with Gasteiger partial charge in [0.2, 0.25) is 0 Å². The van der Waals surface area contributed by atoms with Crippen molar-refractivity contribution in [3.63, 3.8) is 0 Å². The lowest BCUT2D eigenvalue weighted by Crippen LogP contribution is -2.29. The van der Waals surface area contributed by atoms with Crippen LogP contribution in [0.25, 0.3) is 0 Å². The summed E-state index contributed by atoms with van der Waals surface area (Å²) >= 11 is 0. The molecule has 0 heterocycles. The van der Waals surface area contributed by atoms with Crippen LogP contribution in [0.2, 0.25) is 0 Å². The van der Waals surface area contributed by atoms with Crippen LogP contribution < -0.4 is 5.73 Å². The lowest BCUT2D eigenvalue weighted by molar-refractivity contribution is -0.150. The molecule has 0 spiro atoms. The fraction of sp³-hybridized carbons (Fsp3) is 0.875. The predicted molar refractivity (Wildman–Crippen MR) is 45.9 cm³/mol. The van der Waals surface area contributed by atoms with Gasteiger partial charge in [0, 0.05) is 6.61 Å². The molecule has 0 saturated carbocycles. The molecule has 3 N–H and O–H groups in total. The van der Waals surface area contributed by atoms with E-state index in [0.29, 0.717) is 13.2 Å². The molecule has 0 saturated heterocycles. The predicted octanol–water partition coefficient (Wildman–Crippen LogP) is 0.463. The first-order valence-electron chi connectivity index (χ1n) is 4.02. The van der Waals surface area contributed by atoms with Crippen molar-refractivity contribution in [2.24, 2.45) is 11.1 Å². The molecule has 0 atom stereocenters. The number of carboxylic acid groups (broad SMARTS) is 1. The fourth-order valence-corrected chi connectivity index (χ4v) is 0.574. The van der Waals surface area contributed by atoms with E-state index >= 15 is 0 Å². The van der Waals surface area contributed by atoms with Gasteiger partial charge in [-0.05, 0) is 26.8 Å². The summed E-state index contributed by atoms with van der Waals surface area (Å²) in [6.07, 6.45) is 0.774. The summed E-state index contributed by atoms with van der Waals surface area (Å²) in [5, 5.41) is 8.69. The maximum Gasteiger partial charge on any atom is 0.311 e. The highest BCUT2D eigenvalue weighted by Gasteiger charge is 2.26. The van der Waals surface area contributed by atoms with Crippen LogP contribution in [0.1, 0.15) is 20.3 Å². The zero-order valence-electron chi connectivity index (χ0n) is 7.67. The highest BCUT2D eigenvalue weighted by molar-refractivity contribution is 5.73. The van der Waals surface area contributed by atoms with E-state index in [2.05, 4.69) is 0 Å². The summed E-state index contributed by atoms with van der Waals surface area (Å²) < 4.78 is 5.14. The van der Waals surface area contributed by atoms with Gasteiger partial charge in [0.15, 0.2) is 0 Å². The van der Waals surface area contributed by atoms with Crippen LogP contribution in [0.5, 0.6) is 0 Å². The molecular weight excluding hydrogens is 158 g/mol. The Labute approximate surface area is 72.7 Å². The maximum absolute atomic E-state index is 10.6. The Morgan fingerprint density at radius 2 is 2.17 bits per heavy atom. The smallest absolute Gasteiger partial charge is 0.311 e. The minimum atomic E-state index is -0.838. The van der Waals surface area contributed by atoms with E-state index in [4.69, 9.17) is 15.6 Å². The van der Waals surface area contributed by atoms with Crippen molar-refractivity contribution in [3.05, 3.63) is 0 Å². The Morgan fingerprint density at radius 1 is 1.58 bits per heavy atom. The lowest BCUT2D eigenvalue weighted by Gasteiger charge is -2.18. The number of ether oxygens (including phenoxy) is 1. The second-order valence-corrected chi connectivity index (χ2v) is 3.38. The van der Waals surface area contributed by atoms with Gasteiger partial charge in [-0.3, -0.25) is 4.79 Å². The standard InChI is InChI=1S/C8H17NO3/c1-8(2,7(10)11)6-12-5-3-4-9/h3-6,9H2,1-2H3,(H,10,11). The second-order valence-electron chi connectivity index (χ2n) is 3.38. The van der Waals surface area contributed by atoms with E-state index in [1.165, 1.54) is 0 Å². The van der Waals surface area contributed by atoms with Gasteiger partial charge in [-0.1, -0.05) is 0 Å². The minimum absolute atomic E-state index is 0.238. The van der Waals surface area contributed by atoms with Gasteiger partial charge in [-0.15, -0.1) is 0 Å². The Bertz CT molecular complexity index is 145. The van der Waals surface area contributed by atoms with Crippen molar-refractivity contribution in [2.75, 3.05) is 19.8 Å². The van der Waals surface area contributed by atoms with Gasteiger partial charge in [-0.25, -0.2) is 0 Å². The number of rotatable bonds is 6. The highest BCUT2D eigenvalue weighted by Crippen LogP contribution is 2.15. The number of aliphatic carboxylic acids is 1. The SMILES string of the molecule is CC(C)(COCCCN)C(=O)O. The topological polar surface area (TPSA) is 72.5 Å². The number of carboxylic acids is 1. The van der Waals surface area contributed by atoms with Crippen molar-refractivity contribution < 1.29 is 14.6 Å². The molecule has 0 aliphatic carbocycles. The normalized spacial score (nSPS) is 11.6. The van der Waals surface area contributed by atoms with Gasteiger partial charge in [-0.2, -0.15) is 0 Å². The third kappa shape index (κ3) is 4.31. The Balaban J connectivity index is 3.54. The Hall–Kier alpha value is -0.610. The third-order valence-corrected chi connectivity index (χ3v) is 1.53. The van der Waals surface area contributed by atoms with Crippen molar-refractivity contribution in [3.8, 4) is 0 Å². The average Bonchev–Trinajstić information content (AvgIpc) is 1.98. The minimum Gasteiger partial charge on any atom is -0.481 e. The van der Waals surface area contributed by atoms with Crippen molar-refractivity contribution in [1.82, 2.24) is 0 Å². The molecule has 0 unspecified atom stereocenters. The molecule has 0 fully saturated rings. The zero-order chi connectivity index (χ0) is 9.61. The van der Waals surface area contributed by atoms with E-state index in [0.717, 1.165) is 6.42 Å². The summed E-state index contributed by atoms with van der Waals surface area (Å²) in [5.74, 6) is -0.838. The summed E-state index contributed by atoms with van der Waals surface area (Å²) in [6.45, 7) is 4.62. The lowest BCUT2D eigenvalue weighted by atomic mass is 9.95. The number of carbonyl (C=O) groups is 1. The number of hydrogen-bond donors (Lipinski definition) is 2. The summed E-state index contributed by atoms with van der Waals surface area (Å²) in [6, 6.07) is 0. The molecule has 12 heavy (non-hydrogen) atoms. The fourth-order valence-electron chi connectivity index (χ4n) is 0.574. The van der Waals surface area contributed by atoms with Crippen LogP contribution in [0.15, 0.2) is 0 Å². The van der Waals surface area contributed by atoms with E-state index in [1.54, 1.807) is 13.8 Å². The van der Waals surface area contributed by atoms with Crippen LogP contribution in [-0.4, -0.2) is 30.8 Å². The summed E-state index contributed by atoms with van der Waals surface area (Å²) in [7, 11) is 0. The molecule has 0 aromatic rings. The third-order valence-electron chi connectivity index (χ3n) is 1.53. The molecule has 0 amide bonds.